The van der Waals surface area contributed by atoms with E-state index in [2.05, 4.69) is 15.3 Å². The van der Waals surface area contributed by atoms with Gasteiger partial charge in [0.15, 0.2) is 5.82 Å². The first kappa shape index (κ1) is 10.5. The summed E-state index contributed by atoms with van der Waals surface area (Å²) in [7, 11) is 3.39. The Labute approximate surface area is 83.0 Å². The minimum Gasteiger partial charge on any atom is -0.478 e. The van der Waals surface area contributed by atoms with Crippen molar-refractivity contribution in [3.05, 3.63) is 18.0 Å². The van der Waals surface area contributed by atoms with Gasteiger partial charge in [-0.25, -0.2) is 9.97 Å². The Kier molecular flexibility index (Phi) is 3.87. The van der Waals surface area contributed by atoms with Crippen LogP contribution in [0.15, 0.2) is 12.3 Å². The van der Waals surface area contributed by atoms with Gasteiger partial charge in [0, 0.05) is 6.54 Å². The van der Waals surface area contributed by atoms with E-state index in [1.54, 1.807) is 6.20 Å². The van der Waals surface area contributed by atoms with E-state index < -0.39 is 0 Å². The summed E-state index contributed by atoms with van der Waals surface area (Å²) >= 11 is 0. The zero-order chi connectivity index (χ0) is 10.4. The van der Waals surface area contributed by atoms with Crippen LogP contribution in [0.3, 0.4) is 0 Å². The lowest BCUT2D eigenvalue weighted by atomic mass is 10.4. The van der Waals surface area contributed by atoms with E-state index in [4.69, 9.17) is 10.5 Å². The number of nitrogens with zero attached hydrogens (tertiary/aromatic N) is 2. The zero-order valence-corrected chi connectivity index (χ0v) is 8.32. The van der Waals surface area contributed by atoms with Gasteiger partial charge in [0.25, 0.3) is 5.88 Å². The number of rotatable bonds is 4. The number of hydrogen-bond donors (Lipinski definition) is 2. The predicted molar refractivity (Wildman–Crippen MR) is 56.0 cm³/mol. The van der Waals surface area contributed by atoms with Gasteiger partial charge >= 0.3 is 0 Å². The van der Waals surface area contributed by atoms with E-state index in [1.165, 1.54) is 7.11 Å². The fourth-order valence-corrected chi connectivity index (χ4v) is 0.922. The number of nitrogen functional groups attached to an aromatic ring is 1. The molecular formula is C9H14N4O. The summed E-state index contributed by atoms with van der Waals surface area (Å²) in [5.74, 6) is 0.662. The third kappa shape index (κ3) is 2.70. The van der Waals surface area contributed by atoms with Crippen molar-refractivity contribution in [3.8, 4) is 5.88 Å². The maximum absolute atomic E-state index is 5.52. The highest BCUT2D eigenvalue weighted by molar-refractivity contribution is 5.49. The average molecular weight is 194 g/mol. The fourth-order valence-electron chi connectivity index (χ4n) is 0.922. The van der Waals surface area contributed by atoms with Gasteiger partial charge in [-0.2, -0.15) is 0 Å². The van der Waals surface area contributed by atoms with E-state index in [0.717, 1.165) is 12.2 Å². The highest BCUT2D eigenvalue weighted by Crippen LogP contribution is 2.14. The van der Waals surface area contributed by atoms with E-state index >= 15 is 0 Å². The van der Waals surface area contributed by atoms with Gasteiger partial charge in [0.1, 0.15) is 0 Å². The SMILES string of the molecule is CNCC=Cc1cnc(N)c(OC)n1. The smallest absolute Gasteiger partial charge is 0.257 e. The van der Waals surface area contributed by atoms with Crippen molar-refractivity contribution < 1.29 is 4.74 Å². The fraction of sp³-hybridized carbons (Fsp3) is 0.333. The third-order valence-electron chi connectivity index (χ3n) is 1.59. The topological polar surface area (TPSA) is 73.1 Å². The maximum Gasteiger partial charge on any atom is 0.257 e. The molecule has 0 unspecified atom stereocenters. The Balaban J connectivity index is 2.79. The van der Waals surface area contributed by atoms with Crippen molar-refractivity contribution in [3.63, 3.8) is 0 Å². The molecule has 3 N–H and O–H groups in total. The number of aromatic nitrogens is 2. The Morgan fingerprint density at radius 2 is 2.43 bits per heavy atom. The van der Waals surface area contributed by atoms with Crippen LogP contribution in [0.1, 0.15) is 5.69 Å². The van der Waals surface area contributed by atoms with Gasteiger partial charge in [-0.3, -0.25) is 0 Å². The molecule has 5 heteroatoms. The van der Waals surface area contributed by atoms with Crippen LogP contribution < -0.4 is 15.8 Å². The van der Waals surface area contributed by atoms with E-state index in [9.17, 15) is 0 Å². The molecule has 0 saturated carbocycles. The van der Waals surface area contributed by atoms with Crippen LogP contribution in [-0.4, -0.2) is 30.7 Å². The zero-order valence-electron chi connectivity index (χ0n) is 8.32. The Morgan fingerprint density at radius 3 is 3.07 bits per heavy atom. The predicted octanol–water partition coefficient (Wildman–Crippen LogP) is 0.300. The number of ether oxygens (including phenoxy) is 1. The van der Waals surface area contributed by atoms with Crippen LogP contribution in [0, 0.1) is 0 Å². The summed E-state index contributed by atoms with van der Waals surface area (Å²) in [6.45, 7) is 0.786. The van der Waals surface area contributed by atoms with Crippen molar-refractivity contribution in [1.29, 1.82) is 0 Å². The average Bonchev–Trinajstić information content (AvgIpc) is 2.21. The number of nitrogens with two attached hydrogens (primary N) is 1. The minimum atomic E-state index is 0.304. The third-order valence-corrected chi connectivity index (χ3v) is 1.59. The first-order chi connectivity index (χ1) is 6.77. The second kappa shape index (κ2) is 5.18. The summed E-state index contributed by atoms with van der Waals surface area (Å²) < 4.78 is 4.94. The van der Waals surface area contributed by atoms with E-state index in [0.29, 0.717) is 11.7 Å². The lowest BCUT2D eigenvalue weighted by Gasteiger charge is -2.02. The summed E-state index contributed by atoms with van der Waals surface area (Å²) in [5, 5.41) is 2.99. The Hall–Kier alpha value is -1.62. The van der Waals surface area contributed by atoms with Gasteiger partial charge in [0.2, 0.25) is 0 Å². The largest absolute Gasteiger partial charge is 0.478 e. The molecule has 0 spiro atoms. The van der Waals surface area contributed by atoms with Crippen LogP contribution in [0.25, 0.3) is 6.08 Å². The molecule has 1 heterocycles. The van der Waals surface area contributed by atoms with Gasteiger partial charge in [0.05, 0.1) is 19.0 Å². The molecule has 5 nitrogen and oxygen atoms in total. The normalized spacial score (nSPS) is 10.7. The molecule has 1 aromatic rings. The molecule has 1 aromatic heterocycles. The van der Waals surface area contributed by atoms with Crippen LogP contribution in [-0.2, 0) is 0 Å². The molecule has 0 radical (unpaired) electrons. The molecule has 0 saturated heterocycles. The number of anilines is 1. The lowest BCUT2D eigenvalue weighted by molar-refractivity contribution is 0.398. The summed E-state index contributed by atoms with van der Waals surface area (Å²) in [6.07, 6.45) is 5.40. The molecule has 0 amide bonds. The van der Waals surface area contributed by atoms with Crippen molar-refractivity contribution in [2.75, 3.05) is 26.4 Å². The number of hydrogen-bond acceptors (Lipinski definition) is 5. The number of nitrogens with one attached hydrogen (secondary N) is 1. The first-order valence-corrected chi connectivity index (χ1v) is 4.25. The standard InChI is InChI=1S/C9H14N4O/c1-11-5-3-4-7-6-12-8(10)9(13-7)14-2/h3-4,6,11H,5H2,1-2H3,(H2,10,12). The van der Waals surface area contributed by atoms with Gasteiger partial charge < -0.3 is 15.8 Å². The summed E-state index contributed by atoms with van der Waals surface area (Å²) in [5.41, 5.74) is 6.25. The van der Waals surface area contributed by atoms with Crippen LogP contribution in [0.5, 0.6) is 5.88 Å². The van der Waals surface area contributed by atoms with Crippen molar-refractivity contribution >= 4 is 11.9 Å². The molecule has 14 heavy (non-hydrogen) atoms. The van der Waals surface area contributed by atoms with Crippen molar-refractivity contribution in [1.82, 2.24) is 15.3 Å². The highest BCUT2D eigenvalue weighted by atomic mass is 16.5. The molecule has 0 aliphatic carbocycles. The highest BCUT2D eigenvalue weighted by Gasteiger charge is 2.01. The van der Waals surface area contributed by atoms with Crippen LogP contribution >= 0.6 is 0 Å². The van der Waals surface area contributed by atoms with Crippen molar-refractivity contribution in [2.45, 2.75) is 0 Å². The molecule has 0 aromatic carbocycles. The van der Waals surface area contributed by atoms with E-state index in [1.807, 2.05) is 19.2 Å². The monoisotopic (exact) mass is 194 g/mol. The number of likely N-dealkylation sites (N-methyl/N-ethyl adjacent to an activating group) is 1. The van der Waals surface area contributed by atoms with E-state index in [-0.39, 0.29) is 0 Å². The second-order valence-electron chi connectivity index (χ2n) is 2.65. The molecule has 0 atom stereocenters. The molecule has 0 fully saturated rings. The van der Waals surface area contributed by atoms with Crippen LogP contribution in [0.2, 0.25) is 0 Å². The maximum atomic E-state index is 5.52. The lowest BCUT2D eigenvalue weighted by Crippen LogP contribution is -2.04. The molecule has 0 bridgehead atoms. The first-order valence-electron chi connectivity index (χ1n) is 4.25. The molecule has 76 valence electrons. The van der Waals surface area contributed by atoms with Crippen LogP contribution in [0.4, 0.5) is 5.82 Å². The molecule has 1 rings (SSSR count). The van der Waals surface area contributed by atoms with Gasteiger partial charge in [-0.15, -0.1) is 0 Å². The summed E-state index contributed by atoms with van der Waals surface area (Å²) in [4.78, 5) is 8.09. The summed E-state index contributed by atoms with van der Waals surface area (Å²) in [6, 6.07) is 0. The molecular weight excluding hydrogens is 180 g/mol. The van der Waals surface area contributed by atoms with Gasteiger partial charge in [-0.1, -0.05) is 6.08 Å². The second-order valence-corrected chi connectivity index (χ2v) is 2.65. The number of methoxy groups -OCH3 is 1. The minimum absolute atomic E-state index is 0.304. The van der Waals surface area contributed by atoms with Gasteiger partial charge in [-0.05, 0) is 13.1 Å². The molecule has 0 aliphatic rings. The van der Waals surface area contributed by atoms with Crippen molar-refractivity contribution in [2.24, 2.45) is 0 Å². The Morgan fingerprint density at radius 1 is 1.64 bits per heavy atom. The quantitative estimate of drug-likeness (QED) is 0.721. The molecule has 0 aliphatic heterocycles. The Bertz CT molecular complexity index is 325.